The van der Waals surface area contributed by atoms with Crippen molar-refractivity contribution in [2.75, 3.05) is 26.2 Å². The lowest BCUT2D eigenvalue weighted by Gasteiger charge is -2.19. The van der Waals surface area contributed by atoms with Crippen LogP contribution in [-0.2, 0) is 4.79 Å². The van der Waals surface area contributed by atoms with Gasteiger partial charge in [0.05, 0.1) is 6.54 Å². The molecule has 21 heavy (non-hydrogen) atoms. The fourth-order valence-electron chi connectivity index (χ4n) is 2.05. The van der Waals surface area contributed by atoms with Crippen molar-refractivity contribution in [3.63, 3.8) is 0 Å². The summed E-state index contributed by atoms with van der Waals surface area (Å²) in [6.07, 6.45) is 1.27. The lowest BCUT2D eigenvalue weighted by molar-refractivity contribution is -0.122. The van der Waals surface area contributed by atoms with Gasteiger partial charge in [0.25, 0.3) is 0 Å². The average molecular weight is 355 g/mol. The number of carbonyl (C=O) groups is 2. The molecule has 0 fully saturated rings. The van der Waals surface area contributed by atoms with Crippen molar-refractivity contribution in [2.45, 2.75) is 26.7 Å². The zero-order valence-corrected chi connectivity index (χ0v) is 14.3. The smallest absolute Gasteiger partial charge is 0.234 e. The maximum Gasteiger partial charge on any atom is 0.234 e. The van der Waals surface area contributed by atoms with E-state index in [2.05, 4.69) is 26.1 Å². The molecule has 0 atom stereocenters. The molecular formula is C16H23BrN2O2. The molecule has 0 aliphatic heterocycles. The second-order valence-electron chi connectivity index (χ2n) is 4.86. The average Bonchev–Trinajstić information content (AvgIpc) is 2.47. The minimum absolute atomic E-state index is 0.0404. The predicted octanol–water partition coefficient (Wildman–Crippen LogP) is 2.87. The van der Waals surface area contributed by atoms with Gasteiger partial charge in [-0.1, -0.05) is 35.0 Å². The topological polar surface area (TPSA) is 49.4 Å². The molecule has 5 heteroatoms. The van der Waals surface area contributed by atoms with Crippen molar-refractivity contribution in [2.24, 2.45) is 0 Å². The van der Waals surface area contributed by atoms with Gasteiger partial charge in [0.15, 0.2) is 5.78 Å². The van der Waals surface area contributed by atoms with Gasteiger partial charge < -0.3 is 5.32 Å². The number of nitrogens with zero attached hydrogens (tertiary/aromatic N) is 1. The zero-order chi connectivity index (χ0) is 15.7. The lowest BCUT2D eigenvalue weighted by atomic mass is 10.1. The second-order valence-corrected chi connectivity index (χ2v) is 5.77. The van der Waals surface area contributed by atoms with Crippen LogP contribution in [0.4, 0.5) is 0 Å². The highest BCUT2D eigenvalue weighted by Gasteiger charge is 2.10. The standard InChI is InChI=1S/C16H23BrN2O2/c1-3-18-16(21)12-19(4-2)11-5-6-15(20)13-7-9-14(17)10-8-13/h7-10H,3-6,11-12H2,1-2H3,(H,18,21). The predicted molar refractivity (Wildman–Crippen MR) is 88.5 cm³/mol. The van der Waals surface area contributed by atoms with Gasteiger partial charge in [-0.05, 0) is 38.6 Å². The van der Waals surface area contributed by atoms with Crippen molar-refractivity contribution in [3.8, 4) is 0 Å². The number of hydrogen-bond donors (Lipinski definition) is 1. The molecule has 1 aromatic rings. The molecule has 1 aromatic carbocycles. The molecular weight excluding hydrogens is 332 g/mol. The monoisotopic (exact) mass is 354 g/mol. The molecule has 0 saturated heterocycles. The number of rotatable bonds is 9. The Balaban J connectivity index is 2.35. The summed E-state index contributed by atoms with van der Waals surface area (Å²) in [7, 11) is 0. The fourth-order valence-corrected chi connectivity index (χ4v) is 2.31. The minimum atomic E-state index is 0.0404. The Bertz CT molecular complexity index is 460. The van der Waals surface area contributed by atoms with Gasteiger partial charge in [-0.3, -0.25) is 14.5 Å². The molecule has 0 radical (unpaired) electrons. The summed E-state index contributed by atoms with van der Waals surface area (Å²) in [5.74, 6) is 0.190. The molecule has 0 heterocycles. The first-order valence-corrected chi connectivity index (χ1v) is 8.14. The quantitative estimate of drug-likeness (QED) is 0.693. The molecule has 0 unspecified atom stereocenters. The van der Waals surface area contributed by atoms with Gasteiger partial charge in [-0.2, -0.15) is 0 Å². The molecule has 0 bridgehead atoms. The highest BCUT2D eigenvalue weighted by Crippen LogP contribution is 2.12. The molecule has 0 aliphatic rings. The van der Waals surface area contributed by atoms with E-state index in [1.807, 2.05) is 38.1 Å². The van der Waals surface area contributed by atoms with Crippen molar-refractivity contribution < 1.29 is 9.59 Å². The number of carbonyl (C=O) groups excluding carboxylic acids is 2. The van der Waals surface area contributed by atoms with E-state index >= 15 is 0 Å². The van der Waals surface area contributed by atoms with E-state index < -0.39 is 0 Å². The third-order valence-corrected chi connectivity index (χ3v) is 3.76. The number of ketones is 1. The molecule has 0 aliphatic carbocycles. The minimum Gasteiger partial charge on any atom is -0.355 e. The first kappa shape index (κ1) is 17.9. The Morgan fingerprint density at radius 2 is 1.86 bits per heavy atom. The van der Waals surface area contributed by atoms with Gasteiger partial charge in [0.2, 0.25) is 5.91 Å². The van der Waals surface area contributed by atoms with Crippen LogP contribution >= 0.6 is 15.9 Å². The van der Waals surface area contributed by atoms with Crippen molar-refractivity contribution >= 4 is 27.6 Å². The number of benzene rings is 1. The first-order chi connectivity index (χ1) is 10.1. The third-order valence-electron chi connectivity index (χ3n) is 3.23. The van der Waals surface area contributed by atoms with Crippen LogP contribution in [0.2, 0.25) is 0 Å². The number of hydrogen-bond acceptors (Lipinski definition) is 3. The summed E-state index contributed by atoms with van der Waals surface area (Å²) >= 11 is 3.36. The molecule has 0 aromatic heterocycles. The Morgan fingerprint density at radius 1 is 1.19 bits per heavy atom. The summed E-state index contributed by atoms with van der Waals surface area (Å²) < 4.78 is 0.971. The SMILES string of the molecule is CCNC(=O)CN(CC)CCCC(=O)c1ccc(Br)cc1. The highest BCUT2D eigenvalue weighted by atomic mass is 79.9. The Morgan fingerprint density at radius 3 is 2.43 bits per heavy atom. The van der Waals surface area contributed by atoms with Gasteiger partial charge in [0.1, 0.15) is 0 Å². The van der Waals surface area contributed by atoms with Gasteiger partial charge in [-0.15, -0.1) is 0 Å². The lowest BCUT2D eigenvalue weighted by Crippen LogP contribution is -2.37. The summed E-state index contributed by atoms with van der Waals surface area (Å²) in [5.41, 5.74) is 0.741. The van der Waals surface area contributed by atoms with E-state index in [1.165, 1.54) is 0 Å². The normalized spacial score (nSPS) is 10.7. The van der Waals surface area contributed by atoms with Crippen molar-refractivity contribution in [3.05, 3.63) is 34.3 Å². The summed E-state index contributed by atoms with van der Waals surface area (Å²) in [6.45, 7) is 6.55. The molecule has 0 spiro atoms. The van der Waals surface area contributed by atoms with Gasteiger partial charge in [-0.25, -0.2) is 0 Å². The van der Waals surface area contributed by atoms with Crippen LogP contribution in [0.25, 0.3) is 0 Å². The summed E-state index contributed by atoms with van der Waals surface area (Å²) in [6, 6.07) is 7.42. The number of nitrogens with one attached hydrogen (secondary N) is 1. The van der Waals surface area contributed by atoms with Crippen LogP contribution in [0.5, 0.6) is 0 Å². The Kier molecular flexibility index (Phi) is 8.23. The van der Waals surface area contributed by atoms with Crippen LogP contribution in [0.15, 0.2) is 28.7 Å². The largest absolute Gasteiger partial charge is 0.355 e. The molecule has 1 N–H and O–H groups in total. The van der Waals surface area contributed by atoms with Crippen LogP contribution in [0, 0.1) is 0 Å². The van der Waals surface area contributed by atoms with E-state index in [0.717, 1.165) is 29.5 Å². The molecule has 0 saturated carbocycles. The number of halogens is 1. The van der Waals surface area contributed by atoms with E-state index in [0.29, 0.717) is 19.5 Å². The van der Waals surface area contributed by atoms with Gasteiger partial charge in [0, 0.05) is 23.0 Å². The summed E-state index contributed by atoms with van der Waals surface area (Å²) in [4.78, 5) is 25.6. The van der Waals surface area contributed by atoms with E-state index in [1.54, 1.807) is 0 Å². The number of likely N-dealkylation sites (N-methyl/N-ethyl adjacent to an activating group) is 2. The Labute approximate surface area is 135 Å². The molecule has 116 valence electrons. The van der Waals surface area contributed by atoms with Crippen molar-refractivity contribution in [1.82, 2.24) is 10.2 Å². The Hall–Kier alpha value is -1.20. The van der Waals surface area contributed by atoms with Crippen LogP contribution in [-0.4, -0.2) is 42.8 Å². The molecule has 4 nitrogen and oxygen atoms in total. The third kappa shape index (κ3) is 6.87. The van der Waals surface area contributed by atoms with E-state index in [9.17, 15) is 9.59 Å². The number of amides is 1. The zero-order valence-electron chi connectivity index (χ0n) is 12.7. The maximum absolute atomic E-state index is 12.0. The molecule has 1 rings (SSSR count). The van der Waals surface area contributed by atoms with Crippen LogP contribution < -0.4 is 5.32 Å². The van der Waals surface area contributed by atoms with Crippen molar-refractivity contribution in [1.29, 1.82) is 0 Å². The fraction of sp³-hybridized carbons (Fsp3) is 0.500. The molecule has 1 amide bonds. The number of Topliss-reactive ketones (excluding diaryl/α,β-unsaturated/α-hetero) is 1. The van der Waals surface area contributed by atoms with E-state index in [4.69, 9.17) is 0 Å². The van der Waals surface area contributed by atoms with Crippen LogP contribution in [0.1, 0.15) is 37.0 Å². The van der Waals surface area contributed by atoms with E-state index in [-0.39, 0.29) is 11.7 Å². The van der Waals surface area contributed by atoms with Gasteiger partial charge >= 0.3 is 0 Å². The summed E-state index contributed by atoms with van der Waals surface area (Å²) in [5, 5.41) is 2.79. The maximum atomic E-state index is 12.0. The first-order valence-electron chi connectivity index (χ1n) is 7.34. The second kappa shape index (κ2) is 9.68. The van der Waals surface area contributed by atoms with Crippen LogP contribution in [0.3, 0.4) is 0 Å². The highest BCUT2D eigenvalue weighted by molar-refractivity contribution is 9.10.